The fraction of sp³-hybridized carbons (Fsp3) is 0.200. The molecule has 0 fully saturated rings. The molecule has 0 spiro atoms. The van der Waals surface area contributed by atoms with Crippen LogP contribution < -0.4 is 5.73 Å². The first-order valence-corrected chi connectivity index (χ1v) is 9.02. The van der Waals surface area contributed by atoms with Gasteiger partial charge in [-0.3, -0.25) is 0 Å². The Morgan fingerprint density at radius 1 is 1.14 bits per heavy atom. The molecule has 0 heterocycles. The molecule has 0 aliphatic heterocycles. The third kappa shape index (κ3) is 3.84. The summed E-state index contributed by atoms with van der Waals surface area (Å²) in [4.78, 5) is 1.47. The minimum Gasteiger partial charge on any atom is -0.324 e. The van der Waals surface area contributed by atoms with E-state index in [1.54, 1.807) is 31.2 Å². The largest absolute Gasteiger partial charge is 0.324 e. The zero-order chi connectivity index (χ0) is 15.6. The molecule has 0 aliphatic carbocycles. The van der Waals surface area contributed by atoms with Gasteiger partial charge in [-0.25, -0.2) is 12.8 Å². The summed E-state index contributed by atoms with van der Waals surface area (Å²) in [6.07, 6.45) is 1.15. The molecular formula is C15H16FNO2S2. The average molecular weight is 325 g/mol. The second-order valence-corrected chi connectivity index (χ2v) is 7.89. The van der Waals surface area contributed by atoms with Crippen LogP contribution in [0.25, 0.3) is 0 Å². The van der Waals surface area contributed by atoms with Gasteiger partial charge in [-0.2, -0.15) is 0 Å². The lowest BCUT2D eigenvalue weighted by Crippen LogP contribution is -2.07. The first-order valence-electron chi connectivity index (χ1n) is 6.31. The lowest BCUT2D eigenvalue weighted by Gasteiger charge is -2.13. The standard InChI is InChI=1S/C15H16FNO2S2/c1-10(17)13-4-3-5-14(16)15(13)20-11-6-8-12(9-7-11)21(2,18)19/h3-10H,17H2,1-2H3/t10-/m1/s1. The van der Waals surface area contributed by atoms with E-state index in [9.17, 15) is 12.8 Å². The SMILES string of the molecule is C[C@@H](N)c1cccc(F)c1Sc1ccc(S(C)(=O)=O)cc1. The van der Waals surface area contributed by atoms with Crippen LogP contribution in [0.2, 0.25) is 0 Å². The molecule has 6 heteroatoms. The van der Waals surface area contributed by atoms with E-state index in [1.807, 2.05) is 0 Å². The summed E-state index contributed by atoms with van der Waals surface area (Å²) in [6.45, 7) is 1.80. The minimum atomic E-state index is -3.23. The third-order valence-electron chi connectivity index (χ3n) is 2.96. The maximum absolute atomic E-state index is 14.0. The molecule has 0 unspecified atom stereocenters. The van der Waals surface area contributed by atoms with Crippen LogP contribution in [0.15, 0.2) is 57.2 Å². The first kappa shape index (κ1) is 16.0. The molecule has 2 aromatic rings. The Kier molecular flexibility index (Phi) is 4.70. The van der Waals surface area contributed by atoms with E-state index in [-0.39, 0.29) is 16.8 Å². The minimum absolute atomic E-state index is 0.243. The van der Waals surface area contributed by atoms with Gasteiger partial charge in [-0.15, -0.1) is 0 Å². The lowest BCUT2D eigenvalue weighted by atomic mass is 10.1. The van der Waals surface area contributed by atoms with Crippen molar-refractivity contribution in [3.63, 3.8) is 0 Å². The Balaban J connectivity index is 2.35. The highest BCUT2D eigenvalue weighted by Crippen LogP contribution is 2.35. The topological polar surface area (TPSA) is 60.2 Å². The highest BCUT2D eigenvalue weighted by atomic mass is 32.2. The van der Waals surface area contributed by atoms with E-state index in [2.05, 4.69) is 0 Å². The first-order chi connectivity index (χ1) is 9.79. The Morgan fingerprint density at radius 3 is 2.29 bits per heavy atom. The molecule has 1 atom stereocenters. The van der Waals surface area contributed by atoms with E-state index < -0.39 is 9.84 Å². The zero-order valence-electron chi connectivity index (χ0n) is 11.7. The van der Waals surface area contributed by atoms with Gasteiger partial charge in [0.2, 0.25) is 0 Å². The van der Waals surface area contributed by atoms with E-state index in [4.69, 9.17) is 5.73 Å². The van der Waals surface area contributed by atoms with Crippen molar-refractivity contribution in [2.75, 3.05) is 6.26 Å². The van der Waals surface area contributed by atoms with Crippen molar-refractivity contribution in [1.29, 1.82) is 0 Å². The second-order valence-electron chi connectivity index (χ2n) is 4.79. The van der Waals surface area contributed by atoms with Crippen LogP contribution >= 0.6 is 11.8 Å². The Morgan fingerprint density at radius 2 is 1.76 bits per heavy atom. The number of benzene rings is 2. The molecule has 21 heavy (non-hydrogen) atoms. The van der Waals surface area contributed by atoms with E-state index >= 15 is 0 Å². The smallest absolute Gasteiger partial charge is 0.175 e. The number of nitrogens with two attached hydrogens (primary N) is 1. The highest BCUT2D eigenvalue weighted by Gasteiger charge is 2.13. The quantitative estimate of drug-likeness (QED) is 0.936. The van der Waals surface area contributed by atoms with Crippen LogP contribution in [0.5, 0.6) is 0 Å². The number of rotatable bonds is 4. The van der Waals surface area contributed by atoms with Gasteiger partial charge in [-0.05, 0) is 42.8 Å². The number of hydrogen-bond acceptors (Lipinski definition) is 4. The molecule has 3 nitrogen and oxygen atoms in total. The summed E-state index contributed by atoms with van der Waals surface area (Å²) in [5.41, 5.74) is 6.59. The zero-order valence-corrected chi connectivity index (χ0v) is 13.3. The van der Waals surface area contributed by atoms with Gasteiger partial charge < -0.3 is 5.73 Å². The van der Waals surface area contributed by atoms with Gasteiger partial charge in [-0.1, -0.05) is 23.9 Å². The Bertz CT molecular complexity index is 741. The number of halogens is 1. The van der Waals surface area contributed by atoms with Crippen LogP contribution in [0, 0.1) is 5.82 Å². The van der Waals surface area contributed by atoms with Crippen molar-refractivity contribution >= 4 is 21.6 Å². The highest BCUT2D eigenvalue weighted by molar-refractivity contribution is 7.99. The molecule has 0 bridgehead atoms. The van der Waals surface area contributed by atoms with E-state index in [1.165, 1.54) is 30.0 Å². The monoisotopic (exact) mass is 325 g/mol. The lowest BCUT2D eigenvalue weighted by molar-refractivity contribution is 0.591. The van der Waals surface area contributed by atoms with Crippen LogP contribution in [-0.4, -0.2) is 14.7 Å². The Labute approximate surface area is 128 Å². The Hall–Kier alpha value is -1.37. The summed E-state index contributed by atoms with van der Waals surface area (Å²) in [6, 6.07) is 10.9. The van der Waals surface area contributed by atoms with Crippen molar-refractivity contribution in [3.8, 4) is 0 Å². The van der Waals surface area contributed by atoms with E-state index in [0.29, 0.717) is 4.90 Å². The molecule has 112 valence electrons. The average Bonchev–Trinajstić information content (AvgIpc) is 2.40. The molecule has 0 amide bonds. The molecule has 0 saturated carbocycles. The van der Waals surface area contributed by atoms with Gasteiger partial charge in [0, 0.05) is 17.2 Å². The van der Waals surface area contributed by atoms with Gasteiger partial charge >= 0.3 is 0 Å². The molecule has 0 saturated heterocycles. The molecule has 0 aliphatic rings. The molecule has 2 rings (SSSR count). The van der Waals surface area contributed by atoms with Gasteiger partial charge in [0.15, 0.2) is 9.84 Å². The summed E-state index contributed by atoms with van der Waals surface area (Å²) in [7, 11) is -3.23. The summed E-state index contributed by atoms with van der Waals surface area (Å²) < 4.78 is 36.8. The summed E-state index contributed by atoms with van der Waals surface area (Å²) in [5, 5.41) is 0. The molecule has 2 N–H and O–H groups in total. The predicted octanol–water partition coefficient (Wildman–Crippen LogP) is 3.40. The normalized spacial score (nSPS) is 13.1. The maximum atomic E-state index is 14.0. The fourth-order valence-electron chi connectivity index (χ4n) is 1.86. The van der Waals surface area contributed by atoms with Crippen molar-refractivity contribution in [2.24, 2.45) is 5.73 Å². The van der Waals surface area contributed by atoms with Crippen molar-refractivity contribution in [3.05, 3.63) is 53.8 Å². The number of sulfone groups is 1. The third-order valence-corrected chi connectivity index (χ3v) is 5.23. The van der Waals surface area contributed by atoms with Crippen molar-refractivity contribution in [1.82, 2.24) is 0 Å². The summed E-state index contributed by atoms with van der Waals surface area (Å²) >= 11 is 1.24. The van der Waals surface area contributed by atoms with Crippen LogP contribution in [0.1, 0.15) is 18.5 Å². The number of hydrogen-bond donors (Lipinski definition) is 1. The van der Waals surface area contributed by atoms with Crippen molar-refractivity contribution in [2.45, 2.75) is 27.7 Å². The van der Waals surface area contributed by atoms with Gasteiger partial charge in [0.05, 0.1) is 9.79 Å². The van der Waals surface area contributed by atoms with Gasteiger partial charge in [0.1, 0.15) is 5.82 Å². The molecule has 2 aromatic carbocycles. The maximum Gasteiger partial charge on any atom is 0.175 e. The second kappa shape index (κ2) is 6.17. The van der Waals surface area contributed by atoms with Crippen LogP contribution in [-0.2, 0) is 9.84 Å². The van der Waals surface area contributed by atoms with Crippen LogP contribution in [0.4, 0.5) is 4.39 Å². The molecular weight excluding hydrogens is 309 g/mol. The van der Waals surface area contributed by atoms with Crippen molar-refractivity contribution < 1.29 is 12.8 Å². The fourth-order valence-corrected chi connectivity index (χ4v) is 3.54. The van der Waals surface area contributed by atoms with Gasteiger partial charge in [0.25, 0.3) is 0 Å². The van der Waals surface area contributed by atoms with E-state index in [0.717, 1.165) is 16.7 Å². The predicted molar refractivity (Wildman–Crippen MR) is 82.7 cm³/mol. The summed E-state index contributed by atoms with van der Waals surface area (Å²) in [5.74, 6) is -0.331. The van der Waals surface area contributed by atoms with Crippen LogP contribution in [0.3, 0.4) is 0 Å². The molecule has 0 radical (unpaired) electrons. The molecule has 0 aromatic heterocycles.